The van der Waals surface area contributed by atoms with Crippen LogP contribution in [-0.2, 0) is 9.59 Å². The second kappa shape index (κ2) is 5.04. The summed E-state index contributed by atoms with van der Waals surface area (Å²) in [4.78, 5) is 23.4. The third kappa shape index (κ3) is 2.44. The third-order valence-electron chi connectivity index (χ3n) is 4.03. The van der Waals surface area contributed by atoms with Gasteiger partial charge in [0.2, 0.25) is 11.8 Å². The van der Waals surface area contributed by atoms with Crippen LogP contribution in [0.1, 0.15) is 26.2 Å². The van der Waals surface area contributed by atoms with Crippen LogP contribution in [0.2, 0.25) is 0 Å². The molecule has 2 fully saturated rings. The molecule has 0 aromatic heterocycles. The summed E-state index contributed by atoms with van der Waals surface area (Å²) in [5.74, 6) is 0.933. The molecule has 0 spiro atoms. The molecule has 1 aliphatic carbocycles. The fourth-order valence-corrected chi connectivity index (χ4v) is 3.06. The summed E-state index contributed by atoms with van der Waals surface area (Å²) in [5, 5.41) is 8.58. The molecule has 0 bridgehead atoms. The van der Waals surface area contributed by atoms with E-state index in [-0.39, 0.29) is 17.9 Å². The number of amides is 2. The Morgan fingerprint density at radius 2 is 2.12 bits per heavy atom. The molecule has 2 aliphatic rings. The highest BCUT2D eigenvalue weighted by atomic mass is 16.2. The van der Waals surface area contributed by atoms with Crippen molar-refractivity contribution in [1.29, 1.82) is 0 Å². The lowest BCUT2D eigenvalue weighted by Gasteiger charge is -2.20. The Bertz CT molecular complexity index is 319. The van der Waals surface area contributed by atoms with Gasteiger partial charge in [0.15, 0.2) is 0 Å². The zero-order valence-corrected chi connectivity index (χ0v) is 10.5. The van der Waals surface area contributed by atoms with Crippen LogP contribution in [0.15, 0.2) is 0 Å². The predicted molar refractivity (Wildman–Crippen MR) is 64.3 cm³/mol. The van der Waals surface area contributed by atoms with Gasteiger partial charge in [-0.2, -0.15) is 0 Å². The van der Waals surface area contributed by atoms with Crippen molar-refractivity contribution < 1.29 is 9.59 Å². The van der Waals surface area contributed by atoms with Crippen molar-refractivity contribution in [3.05, 3.63) is 0 Å². The second-order valence-corrected chi connectivity index (χ2v) is 5.09. The van der Waals surface area contributed by atoms with E-state index >= 15 is 0 Å². The second-order valence-electron chi connectivity index (χ2n) is 5.09. The number of fused-ring (bicyclic) bond motifs is 1. The van der Waals surface area contributed by atoms with Crippen molar-refractivity contribution in [3.8, 4) is 0 Å². The Labute approximate surface area is 102 Å². The maximum absolute atomic E-state index is 12.1. The molecule has 1 saturated heterocycles. The van der Waals surface area contributed by atoms with E-state index in [0.717, 1.165) is 13.0 Å². The summed E-state index contributed by atoms with van der Waals surface area (Å²) < 4.78 is 0. The topological polar surface area (TPSA) is 70.2 Å². The molecule has 17 heavy (non-hydrogen) atoms. The maximum atomic E-state index is 12.1. The van der Waals surface area contributed by atoms with Gasteiger partial charge in [0.1, 0.15) is 6.04 Å². The van der Waals surface area contributed by atoms with Crippen LogP contribution in [0.3, 0.4) is 0 Å². The molecule has 4 unspecified atom stereocenters. The molecule has 1 heterocycles. The molecular weight excluding hydrogens is 218 g/mol. The Morgan fingerprint density at radius 3 is 2.82 bits per heavy atom. The highest BCUT2D eigenvalue weighted by molar-refractivity contribution is 5.89. The molecule has 0 aromatic rings. The Morgan fingerprint density at radius 1 is 1.35 bits per heavy atom. The van der Waals surface area contributed by atoms with Gasteiger partial charge in [0.05, 0.1) is 6.04 Å². The number of hydrogen-bond donors (Lipinski definition) is 3. The summed E-state index contributed by atoms with van der Waals surface area (Å²) in [5.41, 5.74) is 0. The lowest BCUT2D eigenvalue weighted by atomic mass is 9.93. The van der Waals surface area contributed by atoms with Gasteiger partial charge in [0.25, 0.3) is 0 Å². The smallest absolute Gasteiger partial charge is 0.242 e. The van der Waals surface area contributed by atoms with Gasteiger partial charge in [-0.3, -0.25) is 9.59 Å². The number of carbonyl (C=O) groups excluding carboxylic acids is 2. The largest absolute Gasteiger partial charge is 0.357 e. The van der Waals surface area contributed by atoms with Crippen LogP contribution in [0.5, 0.6) is 0 Å². The van der Waals surface area contributed by atoms with Gasteiger partial charge in [-0.1, -0.05) is 6.42 Å². The van der Waals surface area contributed by atoms with Gasteiger partial charge < -0.3 is 16.0 Å². The minimum Gasteiger partial charge on any atom is -0.357 e. The first-order chi connectivity index (χ1) is 8.13. The van der Waals surface area contributed by atoms with Crippen LogP contribution in [0.25, 0.3) is 0 Å². The highest BCUT2D eigenvalue weighted by Gasteiger charge is 2.42. The SMILES string of the molecule is CNC(=O)C(C)NC(=O)C1NCC2CCCC21. The Balaban J connectivity index is 1.90. The zero-order valence-electron chi connectivity index (χ0n) is 10.5. The zero-order chi connectivity index (χ0) is 12.4. The van der Waals surface area contributed by atoms with E-state index in [9.17, 15) is 9.59 Å². The molecule has 2 rings (SSSR count). The van der Waals surface area contributed by atoms with E-state index in [2.05, 4.69) is 16.0 Å². The van der Waals surface area contributed by atoms with Crippen LogP contribution < -0.4 is 16.0 Å². The number of hydrogen-bond acceptors (Lipinski definition) is 3. The van der Waals surface area contributed by atoms with E-state index in [1.54, 1.807) is 14.0 Å². The number of carbonyl (C=O) groups is 2. The first-order valence-corrected chi connectivity index (χ1v) is 6.39. The monoisotopic (exact) mass is 239 g/mol. The molecule has 5 heteroatoms. The van der Waals surface area contributed by atoms with E-state index in [0.29, 0.717) is 11.8 Å². The van der Waals surface area contributed by atoms with E-state index in [4.69, 9.17) is 0 Å². The molecule has 3 N–H and O–H groups in total. The van der Waals surface area contributed by atoms with Crippen LogP contribution in [0, 0.1) is 11.8 Å². The predicted octanol–water partition coefficient (Wildman–Crippen LogP) is -0.375. The van der Waals surface area contributed by atoms with E-state index in [1.165, 1.54) is 12.8 Å². The number of nitrogens with one attached hydrogen (secondary N) is 3. The average Bonchev–Trinajstić information content (AvgIpc) is 2.88. The highest BCUT2D eigenvalue weighted by Crippen LogP contribution is 2.37. The lowest BCUT2D eigenvalue weighted by Crippen LogP contribution is -2.51. The third-order valence-corrected chi connectivity index (χ3v) is 4.03. The van der Waals surface area contributed by atoms with E-state index < -0.39 is 6.04 Å². The minimum atomic E-state index is -0.463. The summed E-state index contributed by atoms with van der Waals surface area (Å²) in [7, 11) is 1.58. The van der Waals surface area contributed by atoms with Crippen molar-refractivity contribution in [2.75, 3.05) is 13.6 Å². The first kappa shape index (κ1) is 12.4. The molecule has 4 atom stereocenters. The molecule has 1 saturated carbocycles. The van der Waals surface area contributed by atoms with Crippen LogP contribution in [-0.4, -0.2) is 37.5 Å². The fourth-order valence-electron chi connectivity index (χ4n) is 3.06. The molecule has 2 amide bonds. The molecule has 0 radical (unpaired) electrons. The molecular formula is C12H21N3O2. The van der Waals surface area contributed by atoms with Crippen molar-refractivity contribution in [2.24, 2.45) is 11.8 Å². The quantitative estimate of drug-likeness (QED) is 0.629. The van der Waals surface area contributed by atoms with Crippen LogP contribution >= 0.6 is 0 Å². The van der Waals surface area contributed by atoms with E-state index in [1.807, 2.05) is 0 Å². The van der Waals surface area contributed by atoms with Gasteiger partial charge in [-0.15, -0.1) is 0 Å². The molecule has 0 aromatic carbocycles. The van der Waals surface area contributed by atoms with Gasteiger partial charge in [0, 0.05) is 7.05 Å². The van der Waals surface area contributed by atoms with Gasteiger partial charge in [-0.05, 0) is 38.1 Å². The normalized spacial score (nSPS) is 32.9. The van der Waals surface area contributed by atoms with Crippen molar-refractivity contribution in [1.82, 2.24) is 16.0 Å². The average molecular weight is 239 g/mol. The maximum Gasteiger partial charge on any atom is 0.242 e. The summed E-state index contributed by atoms with van der Waals surface area (Å²) in [6, 6.07) is -0.565. The molecule has 1 aliphatic heterocycles. The molecule has 96 valence electrons. The van der Waals surface area contributed by atoms with Crippen molar-refractivity contribution >= 4 is 11.8 Å². The fraction of sp³-hybridized carbons (Fsp3) is 0.833. The molecule has 5 nitrogen and oxygen atoms in total. The lowest BCUT2D eigenvalue weighted by molar-refractivity contribution is -0.129. The van der Waals surface area contributed by atoms with Crippen LogP contribution in [0.4, 0.5) is 0 Å². The van der Waals surface area contributed by atoms with Gasteiger partial charge >= 0.3 is 0 Å². The number of rotatable bonds is 3. The van der Waals surface area contributed by atoms with Gasteiger partial charge in [-0.25, -0.2) is 0 Å². The summed E-state index contributed by atoms with van der Waals surface area (Å²) in [6.07, 6.45) is 3.59. The number of likely N-dealkylation sites (N-methyl/N-ethyl adjacent to an activating group) is 1. The summed E-state index contributed by atoms with van der Waals surface area (Å²) in [6.45, 7) is 2.65. The Kier molecular flexibility index (Phi) is 3.66. The first-order valence-electron chi connectivity index (χ1n) is 6.39. The van der Waals surface area contributed by atoms with Crippen molar-refractivity contribution in [3.63, 3.8) is 0 Å². The Hall–Kier alpha value is -1.10. The van der Waals surface area contributed by atoms with Crippen molar-refractivity contribution in [2.45, 2.75) is 38.3 Å². The minimum absolute atomic E-state index is 0.0319. The summed E-state index contributed by atoms with van der Waals surface area (Å²) >= 11 is 0. The standard InChI is InChI=1S/C12H21N3O2/c1-7(11(16)13-2)15-12(17)10-9-5-3-4-8(9)6-14-10/h7-10,14H,3-6H2,1-2H3,(H,13,16)(H,15,17).